The summed E-state index contributed by atoms with van der Waals surface area (Å²) in [6.45, 7) is 0.533. The van der Waals surface area contributed by atoms with Gasteiger partial charge < -0.3 is 4.90 Å². The third kappa shape index (κ3) is 2.67. The molecule has 5 nitrogen and oxygen atoms in total. The fourth-order valence-electron chi connectivity index (χ4n) is 2.37. The topological polar surface area (TPSA) is 56.5 Å². The van der Waals surface area contributed by atoms with Crippen LogP contribution in [0.3, 0.4) is 0 Å². The van der Waals surface area contributed by atoms with Gasteiger partial charge in [-0.25, -0.2) is 13.7 Å². The second-order valence-corrected chi connectivity index (χ2v) is 7.17. The zero-order valence-corrected chi connectivity index (χ0v) is 13.5. The van der Waals surface area contributed by atoms with E-state index in [9.17, 15) is 9.18 Å². The monoisotopic (exact) mass is 337 g/mol. The quantitative estimate of drug-likeness (QED) is 0.739. The molecule has 1 aromatic heterocycles. The summed E-state index contributed by atoms with van der Waals surface area (Å²) in [5.41, 5.74) is 0. The van der Waals surface area contributed by atoms with Gasteiger partial charge >= 0.3 is 6.03 Å². The number of nitrogens with zero attached hydrogens (tertiary/aromatic N) is 4. The second-order valence-electron chi connectivity index (χ2n) is 5.24. The largest absolute Gasteiger partial charge is 0.349 e. The van der Waals surface area contributed by atoms with Crippen LogP contribution in [0.1, 0.15) is 11.3 Å². The van der Waals surface area contributed by atoms with Crippen molar-refractivity contribution in [1.82, 2.24) is 9.38 Å². The van der Waals surface area contributed by atoms with Crippen LogP contribution >= 0.6 is 23.1 Å². The summed E-state index contributed by atoms with van der Waals surface area (Å²) in [7, 11) is 1.91. The number of halogens is 1. The number of hydrogen-bond donors (Lipinski definition) is 0. The van der Waals surface area contributed by atoms with Crippen molar-refractivity contribution in [3.63, 3.8) is 0 Å². The van der Waals surface area contributed by atoms with Gasteiger partial charge in [0.2, 0.25) is 5.00 Å². The summed E-state index contributed by atoms with van der Waals surface area (Å²) in [4.78, 5) is 18.4. The highest BCUT2D eigenvalue weighted by molar-refractivity contribution is 8.16. The number of amidine groups is 1. The van der Waals surface area contributed by atoms with Crippen molar-refractivity contribution in [1.29, 1.82) is 5.26 Å². The average Bonchev–Trinajstić information content (AvgIpc) is 3.20. The van der Waals surface area contributed by atoms with Gasteiger partial charge in [0.15, 0.2) is 0 Å². The first kappa shape index (κ1) is 15.2. The molecule has 2 aliphatic rings. The molecule has 0 bridgehead atoms. The van der Waals surface area contributed by atoms with E-state index in [1.807, 2.05) is 24.7 Å². The molecule has 0 radical (unpaired) electrons. The molecule has 0 aliphatic carbocycles. The Labute approximate surface area is 135 Å². The van der Waals surface area contributed by atoms with Crippen molar-refractivity contribution in [2.75, 3.05) is 20.1 Å². The van der Waals surface area contributed by atoms with Gasteiger partial charge in [0.05, 0.1) is 13.6 Å². The van der Waals surface area contributed by atoms with Crippen molar-refractivity contribution in [2.24, 2.45) is 4.99 Å². The van der Waals surface area contributed by atoms with E-state index in [4.69, 9.17) is 5.26 Å². The molecule has 0 spiro atoms. The summed E-state index contributed by atoms with van der Waals surface area (Å²) in [5.74, 6) is 0. The minimum absolute atomic E-state index is 0.120. The van der Waals surface area contributed by atoms with Gasteiger partial charge in [-0.05, 0) is 24.2 Å². The highest BCUT2D eigenvalue weighted by Gasteiger charge is 2.38. The Morgan fingerprint density at radius 3 is 3.05 bits per heavy atom. The van der Waals surface area contributed by atoms with E-state index in [0.717, 1.165) is 5.00 Å². The maximum Gasteiger partial charge on any atom is 0.349 e. The van der Waals surface area contributed by atoms with E-state index in [1.54, 1.807) is 6.07 Å². The van der Waals surface area contributed by atoms with Crippen LogP contribution in [0.25, 0.3) is 0 Å². The fourth-order valence-corrected chi connectivity index (χ4v) is 4.24. The number of nitriles is 1. The first-order chi connectivity index (χ1) is 10.5. The summed E-state index contributed by atoms with van der Waals surface area (Å²) >= 11 is 2.75. The molecule has 2 aliphatic heterocycles. The van der Waals surface area contributed by atoms with Gasteiger partial charge in [0.1, 0.15) is 23.3 Å². The Hall–Kier alpha value is -1.69. The van der Waals surface area contributed by atoms with Crippen LogP contribution in [-0.2, 0) is 0 Å². The zero-order chi connectivity index (χ0) is 15.7. The van der Waals surface area contributed by atoms with Gasteiger partial charge in [0.25, 0.3) is 5.17 Å². The number of thioether (sulfide) groups is 1. The molecule has 0 aromatic carbocycles. The van der Waals surface area contributed by atoms with Crippen molar-refractivity contribution < 1.29 is 9.18 Å². The first-order valence-electron chi connectivity index (χ1n) is 6.76. The van der Waals surface area contributed by atoms with E-state index in [0.29, 0.717) is 23.0 Å². The zero-order valence-electron chi connectivity index (χ0n) is 11.9. The maximum atomic E-state index is 13.2. The SMILES string of the molecule is C[N+]1(c2ccc(C#N)s2)C=CS/C1=N\C(=O)N1CC[C@@H](F)C1. The molecule has 1 unspecified atom stereocenters. The lowest BCUT2D eigenvalue weighted by Crippen LogP contribution is -2.41. The molecule has 1 saturated heterocycles. The number of urea groups is 1. The van der Waals surface area contributed by atoms with Gasteiger partial charge in [-0.15, -0.1) is 4.99 Å². The molecule has 0 N–H and O–H groups in total. The smallest absolute Gasteiger partial charge is 0.320 e. The number of carbonyl (C=O) groups is 1. The number of rotatable bonds is 1. The standard InChI is InChI=1S/C14H14FN4OS2/c1-19(12-3-2-11(8-16)22-12)6-7-21-14(19)17-13(20)18-5-4-10(15)9-18/h2-3,6-7,10H,4-5,9H2,1H3/q+1/b17-14-/t10-,19?/m1/s1. The van der Waals surface area contributed by atoms with E-state index in [-0.39, 0.29) is 11.0 Å². The third-order valence-corrected chi connectivity index (χ3v) is 5.79. The van der Waals surface area contributed by atoms with Crippen molar-refractivity contribution in [3.05, 3.63) is 28.6 Å². The lowest BCUT2D eigenvalue weighted by Gasteiger charge is -2.23. The van der Waals surface area contributed by atoms with Gasteiger partial charge in [0, 0.05) is 18.0 Å². The van der Waals surface area contributed by atoms with Gasteiger partial charge in [-0.1, -0.05) is 11.3 Å². The molecule has 8 heteroatoms. The van der Waals surface area contributed by atoms with E-state index >= 15 is 0 Å². The average molecular weight is 337 g/mol. The molecule has 1 fully saturated rings. The predicted molar refractivity (Wildman–Crippen MR) is 87.4 cm³/mol. The first-order valence-corrected chi connectivity index (χ1v) is 8.46. The summed E-state index contributed by atoms with van der Waals surface area (Å²) in [6, 6.07) is 5.34. The summed E-state index contributed by atoms with van der Waals surface area (Å²) < 4.78 is 13.5. The molecule has 1 aromatic rings. The fraction of sp³-hybridized carbons (Fsp3) is 0.357. The van der Waals surface area contributed by atoms with Crippen LogP contribution < -0.4 is 4.48 Å². The molecule has 114 valence electrons. The molecule has 3 rings (SSSR count). The van der Waals surface area contributed by atoms with Gasteiger partial charge in [-0.2, -0.15) is 5.26 Å². The molecule has 3 heterocycles. The van der Waals surface area contributed by atoms with Crippen LogP contribution in [0.2, 0.25) is 0 Å². The Balaban J connectivity index is 1.85. The minimum Gasteiger partial charge on any atom is -0.320 e. The molecule has 2 atom stereocenters. The van der Waals surface area contributed by atoms with Crippen molar-refractivity contribution >= 4 is 39.3 Å². The number of thiophene rings is 1. The normalized spacial score (nSPS) is 29.2. The number of likely N-dealkylation sites (tertiary alicyclic amines) is 1. The highest BCUT2D eigenvalue weighted by Crippen LogP contribution is 2.38. The molecular weight excluding hydrogens is 323 g/mol. The maximum absolute atomic E-state index is 13.2. The lowest BCUT2D eigenvalue weighted by atomic mass is 10.3. The van der Waals surface area contributed by atoms with E-state index in [1.165, 1.54) is 28.0 Å². The van der Waals surface area contributed by atoms with Crippen LogP contribution in [0.5, 0.6) is 0 Å². The van der Waals surface area contributed by atoms with Crippen LogP contribution in [-0.4, -0.2) is 42.4 Å². The Morgan fingerprint density at radius 1 is 1.59 bits per heavy atom. The third-order valence-electron chi connectivity index (χ3n) is 3.68. The summed E-state index contributed by atoms with van der Waals surface area (Å²) in [5, 5.41) is 12.4. The summed E-state index contributed by atoms with van der Waals surface area (Å²) in [6.07, 6.45) is 1.35. The Kier molecular flexibility index (Phi) is 4.04. The van der Waals surface area contributed by atoms with Crippen LogP contribution in [0, 0.1) is 11.3 Å². The molecule has 0 saturated carbocycles. The molecular formula is C14H14FN4OS2+. The van der Waals surface area contributed by atoms with Crippen molar-refractivity contribution in [3.8, 4) is 6.07 Å². The van der Waals surface area contributed by atoms with Gasteiger partial charge in [-0.3, -0.25) is 0 Å². The van der Waals surface area contributed by atoms with E-state index < -0.39 is 12.2 Å². The highest BCUT2D eigenvalue weighted by atomic mass is 32.2. The van der Waals surface area contributed by atoms with Crippen LogP contribution in [0.4, 0.5) is 14.2 Å². The van der Waals surface area contributed by atoms with Crippen molar-refractivity contribution in [2.45, 2.75) is 12.6 Å². The van der Waals surface area contributed by atoms with E-state index in [2.05, 4.69) is 11.1 Å². The number of alkyl halides is 1. The van der Waals surface area contributed by atoms with Crippen LogP contribution in [0.15, 0.2) is 28.7 Å². The Bertz CT molecular complexity index is 708. The number of hydrogen-bond acceptors (Lipinski definition) is 4. The number of carbonyl (C=O) groups excluding carboxylic acids is 1. The number of aliphatic imine (C=N–C) groups is 1. The number of amides is 2. The minimum atomic E-state index is -0.949. The number of quaternary nitrogens is 1. The molecule has 2 amide bonds. The Morgan fingerprint density at radius 2 is 2.41 bits per heavy atom. The predicted octanol–water partition coefficient (Wildman–Crippen LogP) is 3.29. The molecule has 22 heavy (non-hydrogen) atoms. The lowest BCUT2D eigenvalue weighted by molar-refractivity contribution is 0.214. The second kappa shape index (κ2) is 5.83.